The van der Waals surface area contributed by atoms with Crippen LogP contribution >= 0.6 is 23.2 Å². The van der Waals surface area contributed by atoms with Crippen LogP contribution in [0.3, 0.4) is 0 Å². The van der Waals surface area contributed by atoms with Crippen LogP contribution in [0.5, 0.6) is 0 Å². The number of halogens is 2. The van der Waals surface area contributed by atoms with Crippen molar-refractivity contribution in [1.82, 2.24) is 4.57 Å². The van der Waals surface area contributed by atoms with Crippen LogP contribution in [-0.4, -0.2) is 9.67 Å². The third-order valence-electron chi connectivity index (χ3n) is 3.46. The largest absolute Gasteiger partial charge is 0.388 e. The summed E-state index contributed by atoms with van der Waals surface area (Å²) in [5, 5.41) is 11.1. The normalized spacial score (nSPS) is 18.7. The Kier molecular flexibility index (Phi) is 3.10. The third-order valence-corrected chi connectivity index (χ3v) is 4.20. The average molecular weight is 282 g/mol. The number of nitrogens with zero attached hydrogens (tertiary/aromatic N) is 1. The SMILES string of the molecule is OC1CCCc2c1ccn2-c1ccc(Cl)c(Cl)c1. The van der Waals surface area contributed by atoms with Crippen LogP contribution in [0.4, 0.5) is 0 Å². The van der Waals surface area contributed by atoms with Gasteiger partial charge in [-0.05, 0) is 43.5 Å². The fourth-order valence-electron chi connectivity index (χ4n) is 2.54. The highest BCUT2D eigenvalue weighted by atomic mass is 35.5. The van der Waals surface area contributed by atoms with Gasteiger partial charge in [-0.3, -0.25) is 0 Å². The molecule has 0 bridgehead atoms. The van der Waals surface area contributed by atoms with Crippen molar-refractivity contribution in [2.75, 3.05) is 0 Å². The average Bonchev–Trinajstić information content (AvgIpc) is 2.78. The maximum Gasteiger partial charge on any atom is 0.0807 e. The summed E-state index contributed by atoms with van der Waals surface area (Å²) in [5.41, 5.74) is 3.19. The Morgan fingerprint density at radius 3 is 2.78 bits per heavy atom. The lowest BCUT2D eigenvalue weighted by Gasteiger charge is -2.20. The predicted octanol–water partition coefficient (Wildman–Crippen LogP) is 4.15. The topological polar surface area (TPSA) is 25.2 Å². The number of hydrogen-bond acceptors (Lipinski definition) is 1. The van der Waals surface area contributed by atoms with Gasteiger partial charge in [-0.2, -0.15) is 0 Å². The lowest BCUT2D eigenvalue weighted by molar-refractivity contribution is 0.156. The van der Waals surface area contributed by atoms with E-state index < -0.39 is 0 Å². The standard InChI is InChI=1S/C14H13Cl2NO/c15-11-5-4-9(8-12(11)16)17-7-6-10-13(17)2-1-3-14(10)18/h4-8,14,18H,1-3H2. The van der Waals surface area contributed by atoms with Gasteiger partial charge in [0.15, 0.2) is 0 Å². The Morgan fingerprint density at radius 2 is 2.00 bits per heavy atom. The zero-order valence-electron chi connectivity index (χ0n) is 9.74. The molecular weight excluding hydrogens is 269 g/mol. The summed E-state index contributed by atoms with van der Waals surface area (Å²) in [7, 11) is 0. The van der Waals surface area contributed by atoms with Gasteiger partial charge >= 0.3 is 0 Å². The Labute approximate surface area is 116 Å². The summed E-state index contributed by atoms with van der Waals surface area (Å²) in [6, 6.07) is 7.58. The van der Waals surface area contributed by atoms with Crippen LogP contribution in [0.2, 0.25) is 10.0 Å². The molecule has 0 saturated heterocycles. The van der Waals surface area contributed by atoms with Crippen molar-refractivity contribution in [2.45, 2.75) is 25.4 Å². The number of fused-ring (bicyclic) bond motifs is 1. The van der Waals surface area contributed by atoms with E-state index in [-0.39, 0.29) is 6.10 Å². The van der Waals surface area contributed by atoms with Crippen LogP contribution in [0.25, 0.3) is 5.69 Å². The number of aromatic nitrogens is 1. The van der Waals surface area contributed by atoms with E-state index in [9.17, 15) is 5.11 Å². The molecule has 0 aliphatic heterocycles. The van der Waals surface area contributed by atoms with E-state index in [1.54, 1.807) is 6.07 Å². The minimum atomic E-state index is -0.335. The first kappa shape index (κ1) is 12.1. The molecule has 1 aliphatic rings. The molecule has 0 amide bonds. The van der Waals surface area contributed by atoms with Gasteiger partial charge in [-0.25, -0.2) is 0 Å². The second-order valence-corrected chi connectivity index (χ2v) is 5.41. The molecule has 2 aromatic rings. The first-order valence-corrected chi connectivity index (χ1v) is 6.76. The Bertz CT molecular complexity index is 591. The monoisotopic (exact) mass is 281 g/mol. The highest BCUT2D eigenvalue weighted by Gasteiger charge is 2.21. The van der Waals surface area contributed by atoms with Gasteiger partial charge in [-0.1, -0.05) is 23.2 Å². The summed E-state index contributed by atoms with van der Waals surface area (Å²) in [6.07, 6.45) is 4.49. The van der Waals surface area contributed by atoms with Crippen molar-refractivity contribution >= 4 is 23.2 Å². The zero-order chi connectivity index (χ0) is 12.7. The van der Waals surface area contributed by atoms with Crippen molar-refractivity contribution in [1.29, 1.82) is 0 Å². The molecule has 1 aromatic carbocycles. The first-order chi connectivity index (χ1) is 8.66. The molecule has 3 rings (SSSR count). The van der Waals surface area contributed by atoms with Crippen LogP contribution in [0, 0.1) is 0 Å². The molecule has 1 atom stereocenters. The predicted molar refractivity (Wildman–Crippen MR) is 73.7 cm³/mol. The number of rotatable bonds is 1. The van der Waals surface area contributed by atoms with Crippen molar-refractivity contribution in [3.05, 3.63) is 51.8 Å². The quantitative estimate of drug-likeness (QED) is 0.835. The van der Waals surface area contributed by atoms with Crippen LogP contribution in [-0.2, 0) is 6.42 Å². The molecule has 1 N–H and O–H groups in total. The fourth-order valence-corrected chi connectivity index (χ4v) is 2.84. The lowest BCUT2D eigenvalue weighted by atomic mass is 9.95. The highest BCUT2D eigenvalue weighted by molar-refractivity contribution is 6.42. The number of benzene rings is 1. The van der Waals surface area contributed by atoms with E-state index in [1.165, 1.54) is 5.69 Å². The molecule has 1 aromatic heterocycles. The maximum atomic E-state index is 9.96. The molecule has 0 fully saturated rings. The second-order valence-electron chi connectivity index (χ2n) is 4.59. The summed E-state index contributed by atoms with van der Waals surface area (Å²) in [5.74, 6) is 0. The van der Waals surface area contributed by atoms with E-state index in [1.807, 2.05) is 24.4 Å². The van der Waals surface area contributed by atoms with Crippen LogP contribution in [0.1, 0.15) is 30.2 Å². The smallest absolute Gasteiger partial charge is 0.0807 e. The van der Waals surface area contributed by atoms with E-state index in [0.29, 0.717) is 10.0 Å². The van der Waals surface area contributed by atoms with Crippen molar-refractivity contribution < 1.29 is 5.11 Å². The highest BCUT2D eigenvalue weighted by Crippen LogP contribution is 2.33. The minimum Gasteiger partial charge on any atom is -0.388 e. The third kappa shape index (κ3) is 1.95. The first-order valence-electron chi connectivity index (χ1n) is 6.00. The molecule has 1 unspecified atom stereocenters. The number of aliphatic hydroxyl groups is 1. The molecule has 1 aliphatic carbocycles. The molecule has 0 radical (unpaired) electrons. The molecular formula is C14H13Cl2NO. The van der Waals surface area contributed by atoms with Crippen LogP contribution in [0.15, 0.2) is 30.5 Å². The Morgan fingerprint density at radius 1 is 1.17 bits per heavy atom. The summed E-state index contributed by atoms with van der Waals surface area (Å²) in [4.78, 5) is 0. The molecule has 0 saturated carbocycles. The van der Waals surface area contributed by atoms with E-state index in [2.05, 4.69) is 4.57 Å². The zero-order valence-corrected chi connectivity index (χ0v) is 11.2. The molecule has 0 spiro atoms. The number of aliphatic hydroxyl groups excluding tert-OH is 1. The maximum absolute atomic E-state index is 9.96. The van der Waals surface area contributed by atoms with Crippen LogP contribution < -0.4 is 0 Å². The summed E-state index contributed by atoms with van der Waals surface area (Å²) < 4.78 is 2.08. The van der Waals surface area contributed by atoms with E-state index in [4.69, 9.17) is 23.2 Å². The second kappa shape index (κ2) is 4.61. The van der Waals surface area contributed by atoms with Gasteiger partial charge in [0, 0.05) is 23.1 Å². The van der Waals surface area contributed by atoms with Gasteiger partial charge in [0.1, 0.15) is 0 Å². The van der Waals surface area contributed by atoms with Gasteiger partial charge in [0.05, 0.1) is 16.1 Å². The molecule has 18 heavy (non-hydrogen) atoms. The molecule has 1 heterocycles. The number of hydrogen-bond donors (Lipinski definition) is 1. The van der Waals surface area contributed by atoms with Gasteiger partial charge in [0.2, 0.25) is 0 Å². The van der Waals surface area contributed by atoms with E-state index in [0.717, 1.165) is 30.5 Å². The van der Waals surface area contributed by atoms with Gasteiger partial charge in [0.25, 0.3) is 0 Å². The molecule has 2 nitrogen and oxygen atoms in total. The Balaban J connectivity index is 2.09. The van der Waals surface area contributed by atoms with Crippen molar-refractivity contribution in [3.63, 3.8) is 0 Å². The van der Waals surface area contributed by atoms with Gasteiger partial charge in [-0.15, -0.1) is 0 Å². The summed E-state index contributed by atoms with van der Waals surface area (Å²) >= 11 is 12.0. The fraction of sp³-hybridized carbons (Fsp3) is 0.286. The van der Waals surface area contributed by atoms with Gasteiger partial charge < -0.3 is 9.67 Å². The van der Waals surface area contributed by atoms with E-state index >= 15 is 0 Å². The van der Waals surface area contributed by atoms with Crippen molar-refractivity contribution in [3.8, 4) is 5.69 Å². The Hall–Kier alpha value is -0.960. The molecule has 4 heteroatoms. The molecule has 94 valence electrons. The minimum absolute atomic E-state index is 0.335. The lowest BCUT2D eigenvalue weighted by Crippen LogP contribution is -2.10. The van der Waals surface area contributed by atoms with Crippen molar-refractivity contribution in [2.24, 2.45) is 0 Å². The summed E-state index contributed by atoms with van der Waals surface area (Å²) in [6.45, 7) is 0.